The van der Waals surface area contributed by atoms with E-state index in [0.29, 0.717) is 10.7 Å². The maximum atomic E-state index is 12.7. The third-order valence-electron chi connectivity index (χ3n) is 3.24. The highest BCUT2D eigenvalue weighted by Gasteiger charge is 2.30. The van der Waals surface area contributed by atoms with Gasteiger partial charge in [-0.2, -0.15) is 13.2 Å². The molecule has 0 spiro atoms. The molecule has 2 aromatic carbocycles. The molecule has 2 rings (SSSR count). The highest BCUT2D eigenvalue weighted by molar-refractivity contribution is 6.30. The van der Waals surface area contributed by atoms with Crippen LogP contribution in [0.1, 0.15) is 12.5 Å². The lowest BCUT2D eigenvalue weighted by molar-refractivity contribution is -0.137. The standard InChI is InChI=1S/C17H15ClF3N3O3/c1-10(27-14-4-2-3-11(9-14)17(19,20)21)15(25)23-24-16(26)22-13-7-5-12(18)6-8-13/h2-10H,1H3,(H,23,25)(H2,22,24,26)/t10-/m0/s1. The van der Waals surface area contributed by atoms with Gasteiger partial charge in [0.1, 0.15) is 5.75 Å². The molecule has 3 amide bonds. The van der Waals surface area contributed by atoms with Gasteiger partial charge in [0.2, 0.25) is 0 Å². The predicted molar refractivity (Wildman–Crippen MR) is 93.3 cm³/mol. The molecule has 3 N–H and O–H groups in total. The molecular formula is C17H15ClF3N3O3. The summed E-state index contributed by atoms with van der Waals surface area (Å²) in [6.07, 6.45) is -5.67. The van der Waals surface area contributed by atoms with Crippen molar-refractivity contribution in [2.45, 2.75) is 19.2 Å². The molecule has 0 aliphatic rings. The molecule has 1 atom stereocenters. The Bertz CT molecular complexity index is 813. The number of amides is 3. The van der Waals surface area contributed by atoms with E-state index in [-0.39, 0.29) is 5.75 Å². The Morgan fingerprint density at radius 3 is 2.37 bits per heavy atom. The van der Waals surface area contributed by atoms with Gasteiger partial charge in [-0.1, -0.05) is 17.7 Å². The SMILES string of the molecule is C[C@H](Oc1cccc(C(F)(F)F)c1)C(=O)NNC(=O)Nc1ccc(Cl)cc1. The minimum atomic E-state index is -4.52. The summed E-state index contributed by atoms with van der Waals surface area (Å²) in [7, 11) is 0. The lowest BCUT2D eigenvalue weighted by atomic mass is 10.2. The van der Waals surface area contributed by atoms with Crippen LogP contribution in [0.3, 0.4) is 0 Å². The van der Waals surface area contributed by atoms with Crippen LogP contribution in [0.2, 0.25) is 5.02 Å². The van der Waals surface area contributed by atoms with Crippen molar-refractivity contribution in [1.82, 2.24) is 10.9 Å². The number of carbonyl (C=O) groups is 2. The number of urea groups is 1. The molecule has 0 aromatic heterocycles. The van der Waals surface area contributed by atoms with Crippen molar-refractivity contribution in [3.05, 3.63) is 59.1 Å². The quantitative estimate of drug-likeness (QED) is 0.678. The van der Waals surface area contributed by atoms with Gasteiger partial charge in [0.25, 0.3) is 5.91 Å². The number of carbonyl (C=O) groups excluding carboxylic acids is 2. The maximum absolute atomic E-state index is 12.7. The topological polar surface area (TPSA) is 79.5 Å². The number of hydrogen-bond acceptors (Lipinski definition) is 3. The van der Waals surface area contributed by atoms with E-state index in [9.17, 15) is 22.8 Å². The Hall–Kier alpha value is -2.94. The van der Waals surface area contributed by atoms with Gasteiger partial charge in [-0.05, 0) is 49.4 Å². The third kappa shape index (κ3) is 6.37. The van der Waals surface area contributed by atoms with Crippen LogP contribution in [0.15, 0.2) is 48.5 Å². The van der Waals surface area contributed by atoms with Crippen LogP contribution in [0.25, 0.3) is 0 Å². The second kappa shape index (κ2) is 8.63. The van der Waals surface area contributed by atoms with E-state index >= 15 is 0 Å². The van der Waals surface area contributed by atoms with E-state index < -0.39 is 29.8 Å². The Balaban J connectivity index is 1.85. The number of alkyl halides is 3. The summed E-state index contributed by atoms with van der Waals surface area (Å²) < 4.78 is 43.2. The Labute approximate surface area is 157 Å². The van der Waals surface area contributed by atoms with Gasteiger partial charge in [0, 0.05) is 10.7 Å². The summed E-state index contributed by atoms with van der Waals surface area (Å²) >= 11 is 5.73. The molecule has 0 bridgehead atoms. The molecule has 27 heavy (non-hydrogen) atoms. The van der Waals surface area contributed by atoms with Crippen LogP contribution in [0.4, 0.5) is 23.7 Å². The highest BCUT2D eigenvalue weighted by atomic mass is 35.5. The Kier molecular flexibility index (Phi) is 6.51. The number of halogens is 4. The predicted octanol–water partition coefficient (Wildman–Crippen LogP) is 3.98. The molecule has 0 aliphatic heterocycles. The number of rotatable bonds is 4. The smallest absolute Gasteiger partial charge is 0.416 e. The Morgan fingerprint density at radius 1 is 1.07 bits per heavy atom. The van der Waals surface area contributed by atoms with Crippen molar-refractivity contribution in [2.75, 3.05) is 5.32 Å². The van der Waals surface area contributed by atoms with Gasteiger partial charge in [0.15, 0.2) is 6.10 Å². The van der Waals surface area contributed by atoms with Crippen molar-refractivity contribution in [3.63, 3.8) is 0 Å². The van der Waals surface area contributed by atoms with Crippen molar-refractivity contribution in [1.29, 1.82) is 0 Å². The van der Waals surface area contributed by atoms with E-state index in [4.69, 9.17) is 16.3 Å². The van der Waals surface area contributed by atoms with Crippen LogP contribution in [-0.2, 0) is 11.0 Å². The first-order valence-corrected chi connectivity index (χ1v) is 7.99. The Morgan fingerprint density at radius 2 is 1.74 bits per heavy atom. The minimum absolute atomic E-state index is 0.127. The second-order valence-electron chi connectivity index (χ2n) is 5.36. The molecule has 0 aliphatic carbocycles. The zero-order valence-corrected chi connectivity index (χ0v) is 14.7. The van der Waals surface area contributed by atoms with Crippen molar-refractivity contribution < 1.29 is 27.5 Å². The summed E-state index contributed by atoms with van der Waals surface area (Å²) in [6, 6.07) is 9.66. The number of benzene rings is 2. The summed E-state index contributed by atoms with van der Waals surface area (Å²) in [4.78, 5) is 23.6. The molecule has 0 saturated carbocycles. The normalized spacial score (nSPS) is 12.0. The van der Waals surface area contributed by atoms with E-state index in [1.807, 2.05) is 0 Å². The van der Waals surface area contributed by atoms with Gasteiger partial charge in [-0.15, -0.1) is 0 Å². The fourth-order valence-electron chi connectivity index (χ4n) is 1.92. The van der Waals surface area contributed by atoms with Crippen molar-refractivity contribution in [2.24, 2.45) is 0 Å². The molecule has 10 heteroatoms. The first-order valence-electron chi connectivity index (χ1n) is 7.61. The zero-order chi connectivity index (χ0) is 20.0. The zero-order valence-electron chi connectivity index (χ0n) is 13.9. The van der Waals surface area contributed by atoms with Gasteiger partial charge < -0.3 is 10.1 Å². The van der Waals surface area contributed by atoms with E-state index in [1.54, 1.807) is 24.3 Å². The molecule has 0 fully saturated rings. The minimum Gasteiger partial charge on any atom is -0.481 e. The summed E-state index contributed by atoms with van der Waals surface area (Å²) in [5.74, 6) is -0.878. The molecule has 144 valence electrons. The van der Waals surface area contributed by atoms with Crippen LogP contribution in [0, 0.1) is 0 Å². The number of nitrogens with one attached hydrogen (secondary N) is 3. The average molecular weight is 402 g/mol. The van der Waals surface area contributed by atoms with E-state index in [0.717, 1.165) is 12.1 Å². The van der Waals surface area contributed by atoms with E-state index in [2.05, 4.69) is 16.2 Å². The lowest BCUT2D eigenvalue weighted by Gasteiger charge is -2.16. The number of hydrogen-bond donors (Lipinski definition) is 3. The third-order valence-corrected chi connectivity index (χ3v) is 3.50. The summed E-state index contributed by atoms with van der Waals surface area (Å²) in [6.45, 7) is 1.33. The first kappa shape index (κ1) is 20.4. The maximum Gasteiger partial charge on any atom is 0.416 e. The summed E-state index contributed by atoms with van der Waals surface area (Å²) in [5, 5.41) is 2.94. The van der Waals surface area contributed by atoms with Crippen LogP contribution >= 0.6 is 11.6 Å². The fourth-order valence-corrected chi connectivity index (χ4v) is 2.04. The number of anilines is 1. The van der Waals surface area contributed by atoms with Gasteiger partial charge in [-0.3, -0.25) is 10.2 Å². The molecular weight excluding hydrogens is 387 g/mol. The van der Waals surface area contributed by atoms with Gasteiger partial charge in [0.05, 0.1) is 5.56 Å². The molecule has 0 radical (unpaired) electrons. The molecule has 0 saturated heterocycles. The van der Waals surface area contributed by atoms with Crippen molar-refractivity contribution in [3.8, 4) is 5.75 Å². The van der Waals surface area contributed by atoms with Crippen LogP contribution in [0.5, 0.6) is 5.75 Å². The van der Waals surface area contributed by atoms with Crippen LogP contribution < -0.4 is 20.9 Å². The fraction of sp³-hybridized carbons (Fsp3) is 0.176. The highest BCUT2D eigenvalue weighted by Crippen LogP contribution is 2.31. The van der Waals surface area contributed by atoms with Crippen LogP contribution in [-0.4, -0.2) is 18.0 Å². The monoisotopic (exact) mass is 401 g/mol. The largest absolute Gasteiger partial charge is 0.481 e. The van der Waals surface area contributed by atoms with Gasteiger partial charge in [-0.25, -0.2) is 10.2 Å². The van der Waals surface area contributed by atoms with Gasteiger partial charge >= 0.3 is 12.2 Å². The lowest BCUT2D eigenvalue weighted by Crippen LogP contribution is -2.48. The molecule has 0 unspecified atom stereocenters. The summed E-state index contributed by atoms with van der Waals surface area (Å²) in [5.41, 5.74) is 3.76. The molecule has 6 nitrogen and oxygen atoms in total. The number of hydrazine groups is 1. The van der Waals surface area contributed by atoms with E-state index in [1.165, 1.54) is 19.1 Å². The second-order valence-corrected chi connectivity index (χ2v) is 5.80. The van der Waals surface area contributed by atoms with Crippen molar-refractivity contribution >= 4 is 29.2 Å². The first-order chi connectivity index (χ1) is 12.6. The molecule has 2 aromatic rings. The average Bonchev–Trinajstić information content (AvgIpc) is 2.61. The molecule has 0 heterocycles. The number of ether oxygens (including phenoxy) is 1.